The summed E-state index contributed by atoms with van der Waals surface area (Å²) < 4.78 is 0. The van der Waals surface area contributed by atoms with Crippen molar-refractivity contribution in [1.82, 2.24) is 15.0 Å². The monoisotopic (exact) mass is 292 g/mol. The molecule has 0 aliphatic carbocycles. The van der Waals surface area contributed by atoms with E-state index < -0.39 is 0 Å². The summed E-state index contributed by atoms with van der Waals surface area (Å²) in [6.45, 7) is 5.57. The molecule has 2 aliphatic rings. The molecular weight excluding hydrogens is 268 g/mol. The Morgan fingerprint density at radius 3 is 2.33 bits per heavy atom. The molecule has 0 bridgehead atoms. The third-order valence-corrected chi connectivity index (χ3v) is 4.43. The first-order valence-electron chi connectivity index (χ1n) is 7.79. The van der Waals surface area contributed by atoms with Crippen molar-refractivity contribution in [2.24, 2.45) is 5.92 Å². The van der Waals surface area contributed by atoms with Gasteiger partial charge in [0.05, 0.1) is 6.10 Å². The van der Waals surface area contributed by atoms with Gasteiger partial charge in [-0.3, -0.25) is 0 Å². The van der Waals surface area contributed by atoms with Gasteiger partial charge in [0, 0.05) is 33.2 Å². The van der Waals surface area contributed by atoms with E-state index in [0.717, 1.165) is 32.0 Å². The van der Waals surface area contributed by atoms with E-state index in [2.05, 4.69) is 37.0 Å². The van der Waals surface area contributed by atoms with Gasteiger partial charge in [-0.05, 0) is 25.2 Å². The summed E-state index contributed by atoms with van der Waals surface area (Å²) in [6, 6.07) is 0. The number of β-amino-alcohol motifs (C(OH)–C–C–N with tert-alkyl or cyclic N) is 1. The molecule has 2 saturated heterocycles. The second-order valence-electron chi connectivity index (χ2n) is 5.98. The summed E-state index contributed by atoms with van der Waals surface area (Å²) >= 11 is 0. The Morgan fingerprint density at radius 1 is 1.05 bits per heavy atom. The van der Waals surface area contributed by atoms with Gasteiger partial charge in [-0.25, -0.2) is 0 Å². The SMILES string of the molecule is CNc1nc(N2CCCC2)nc(N2CCC(C)C(O)C2)n1. The lowest BCUT2D eigenvalue weighted by molar-refractivity contribution is 0.102. The molecule has 2 N–H and O–H groups in total. The highest BCUT2D eigenvalue weighted by molar-refractivity contribution is 5.45. The number of nitrogens with one attached hydrogen (secondary N) is 1. The average Bonchev–Trinajstić information content (AvgIpc) is 3.04. The van der Waals surface area contributed by atoms with Crippen LogP contribution >= 0.6 is 0 Å². The van der Waals surface area contributed by atoms with Gasteiger partial charge in [-0.15, -0.1) is 0 Å². The number of aromatic nitrogens is 3. The van der Waals surface area contributed by atoms with Gasteiger partial charge in [0.1, 0.15) is 0 Å². The Balaban J connectivity index is 1.85. The molecular formula is C14H24N6O. The number of aliphatic hydroxyl groups is 1. The lowest BCUT2D eigenvalue weighted by Crippen LogP contribution is -2.44. The van der Waals surface area contributed by atoms with Crippen LogP contribution in [0.25, 0.3) is 0 Å². The average molecular weight is 292 g/mol. The summed E-state index contributed by atoms with van der Waals surface area (Å²) in [4.78, 5) is 17.8. The zero-order chi connectivity index (χ0) is 14.8. The van der Waals surface area contributed by atoms with Crippen molar-refractivity contribution in [3.05, 3.63) is 0 Å². The molecule has 1 aromatic rings. The van der Waals surface area contributed by atoms with E-state index in [0.29, 0.717) is 24.4 Å². The van der Waals surface area contributed by atoms with Crippen LogP contribution in [-0.2, 0) is 0 Å². The van der Waals surface area contributed by atoms with E-state index in [9.17, 15) is 5.11 Å². The number of nitrogens with zero attached hydrogens (tertiary/aromatic N) is 5. The second kappa shape index (κ2) is 6.01. The first-order valence-corrected chi connectivity index (χ1v) is 7.79. The van der Waals surface area contributed by atoms with E-state index in [1.807, 2.05) is 7.05 Å². The lowest BCUT2D eigenvalue weighted by Gasteiger charge is -2.34. The van der Waals surface area contributed by atoms with Crippen molar-refractivity contribution in [3.63, 3.8) is 0 Å². The minimum atomic E-state index is -0.316. The molecule has 116 valence electrons. The van der Waals surface area contributed by atoms with Gasteiger partial charge < -0.3 is 20.2 Å². The minimum Gasteiger partial charge on any atom is -0.391 e. The van der Waals surface area contributed by atoms with Gasteiger partial charge in [-0.1, -0.05) is 6.92 Å². The number of hydrogen-bond donors (Lipinski definition) is 2. The highest BCUT2D eigenvalue weighted by Gasteiger charge is 2.27. The third-order valence-electron chi connectivity index (χ3n) is 4.43. The number of piperidine rings is 1. The zero-order valence-electron chi connectivity index (χ0n) is 12.8. The van der Waals surface area contributed by atoms with Crippen molar-refractivity contribution in [2.75, 3.05) is 48.3 Å². The van der Waals surface area contributed by atoms with E-state index >= 15 is 0 Å². The van der Waals surface area contributed by atoms with Gasteiger partial charge in [-0.2, -0.15) is 15.0 Å². The molecule has 2 atom stereocenters. The molecule has 0 radical (unpaired) electrons. The third kappa shape index (κ3) is 3.02. The van der Waals surface area contributed by atoms with Crippen LogP contribution < -0.4 is 15.1 Å². The standard InChI is InChI=1S/C14H24N6O/c1-10-5-8-20(9-11(10)21)14-17-12(15-2)16-13(18-14)19-6-3-4-7-19/h10-11,21H,3-9H2,1-2H3,(H,15,16,17,18). The Kier molecular flexibility index (Phi) is 4.10. The van der Waals surface area contributed by atoms with Crippen molar-refractivity contribution >= 4 is 17.8 Å². The predicted octanol–water partition coefficient (Wildman–Crippen LogP) is 0.721. The summed E-state index contributed by atoms with van der Waals surface area (Å²) in [5.74, 6) is 2.34. The topological polar surface area (TPSA) is 77.4 Å². The van der Waals surface area contributed by atoms with E-state index in [1.165, 1.54) is 12.8 Å². The molecule has 2 fully saturated rings. The molecule has 2 aliphatic heterocycles. The van der Waals surface area contributed by atoms with Crippen molar-refractivity contribution < 1.29 is 5.11 Å². The van der Waals surface area contributed by atoms with Crippen molar-refractivity contribution in [2.45, 2.75) is 32.3 Å². The Morgan fingerprint density at radius 2 is 1.71 bits per heavy atom. The van der Waals surface area contributed by atoms with Crippen LogP contribution in [0.2, 0.25) is 0 Å². The molecule has 7 nitrogen and oxygen atoms in total. The van der Waals surface area contributed by atoms with Crippen molar-refractivity contribution in [3.8, 4) is 0 Å². The first kappa shape index (κ1) is 14.3. The number of hydrogen-bond acceptors (Lipinski definition) is 7. The van der Waals surface area contributed by atoms with E-state index in [4.69, 9.17) is 0 Å². The number of aliphatic hydroxyl groups excluding tert-OH is 1. The fourth-order valence-electron chi connectivity index (χ4n) is 2.90. The zero-order valence-corrected chi connectivity index (χ0v) is 12.8. The predicted molar refractivity (Wildman–Crippen MR) is 82.8 cm³/mol. The van der Waals surface area contributed by atoms with Gasteiger partial charge in [0.15, 0.2) is 0 Å². The van der Waals surface area contributed by atoms with Crippen LogP contribution in [0.15, 0.2) is 0 Å². The maximum Gasteiger partial charge on any atom is 0.232 e. The second-order valence-corrected chi connectivity index (χ2v) is 5.98. The molecule has 1 aromatic heterocycles. The van der Waals surface area contributed by atoms with Crippen LogP contribution in [0, 0.1) is 5.92 Å². The molecule has 7 heteroatoms. The van der Waals surface area contributed by atoms with Gasteiger partial charge in [0.2, 0.25) is 17.8 Å². The summed E-state index contributed by atoms with van der Waals surface area (Å²) in [5.41, 5.74) is 0. The molecule has 3 rings (SSSR count). The molecule has 0 saturated carbocycles. The first-order chi connectivity index (χ1) is 10.2. The fraction of sp³-hybridized carbons (Fsp3) is 0.786. The number of rotatable bonds is 3. The summed E-state index contributed by atoms with van der Waals surface area (Å²) in [6.07, 6.45) is 3.02. The molecule has 21 heavy (non-hydrogen) atoms. The molecule has 2 unspecified atom stereocenters. The highest BCUT2D eigenvalue weighted by atomic mass is 16.3. The summed E-state index contributed by atoms with van der Waals surface area (Å²) in [5, 5.41) is 13.1. The van der Waals surface area contributed by atoms with E-state index in [-0.39, 0.29) is 6.10 Å². The van der Waals surface area contributed by atoms with E-state index in [1.54, 1.807) is 0 Å². The number of anilines is 3. The minimum absolute atomic E-state index is 0.316. The van der Waals surface area contributed by atoms with Crippen molar-refractivity contribution in [1.29, 1.82) is 0 Å². The largest absolute Gasteiger partial charge is 0.391 e. The highest BCUT2D eigenvalue weighted by Crippen LogP contribution is 2.24. The Hall–Kier alpha value is -1.63. The van der Waals surface area contributed by atoms with Gasteiger partial charge >= 0.3 is 0 Å². The van der Waals surface area contributed by atoms with Crippen LogP contribution in [0.3, 0.4) is 0 Å². The normalized spacial score (nSPS) is 26.2. The molecule has 0 aromatic carbocycles. The fourth-order valence-corrected chi connectivity index (χ4v) is 2.90. The quantitative estimate of drug-likeness (QED) is 0.850. The Bertz CT molecular complexity index is 490. The maximum atomic E-state index is 10.1. The van der Waals surface area contributed by atoms with Crippen LogP contribution in [0.1, 0.15) is 26.2 Å². The van der Waals surface area contributed by atoms with Crippen LogP contribution in [0.5, 0.6) is 0 Å². The smallest absolute Gasteiger partial charge is 0.232 e. The van der Waals surface area contributed by atoms with Crippen LogP contribution in [-0.4, -0.2) is 59.4 Å². The molecule has 0 spiro atoms. The van der Waals surface area contributed by atoms with Gasteiger partial charge in [0.25, 0.3) is 0 Å². The molecule has 3 heterocycles. The summed E-state index contributed by atoms with van der Waals surface area (Å²) in [7, 11) is 1.82. The molecule has 0 amide bonds. The lowest BCUT2D eigenvalue weighted by atomic mass is 9.96. The maximum absolute atomic E-state index is 10.1. The van der Waals surface area contributed by atoms with Crippen LogP contribution in [0.4, 0.5) is 17.8 Å². The Labute approximate surface area is 125 Å².